The summed E-state index contributed by atoms with van der Waals surface area (Å²) in [5, 5.41) is 7.92. The normalized spacial score (nSPS) is 6.00. The molecule has 3 heteroatoms. The Balaban J connectivity index is 0. The third-order valence-electron chi connectivity index (χ3n) is 0.276. The fraction of sp³-hybridized carbons (Fsp3) is 0.500. The molecule has 0 amide bonds. The molecule has 0 aliphatic carbocycles. The Bertz CT molecular complexity index is 95.2. The number of allylic oxidation sites excluding steroid dienone is 1. The van der Waals surface area contributed by atoms with Crippen LogP contribution in [0.4, 0.5) is 0 Å². The van der Waals surface area contributed by atoms with Gasteiger partial charge in [-0.1, -0.05) is 6.08 Å². The quantitative estimate of drug-likeness (QED) is 0.335. The Labute approximate surface area is 54.7 Å². The van der Waals surface area contributed by atoms with Crippen LogP contribution in [0.15, 0.2) is 17.6 Å². The van der Waals surface area contributed by atoms with E-state index in [1.165, 1.54) is 6.08 Å². The Morgan fingerprint density at radius 2 is 2.33 bits per heavy atom. The number of nitrogens with zero attached hydrogens (tertiary/aromatic N) is 1. The number of hydrogen-bond donors (Lipinski definition) is 1. The van der Waals surface area contributed by atoms with E-state index in [2.05, 4.69) is 11.6 Å². The monoisotopic (exact) mass is 129 g/mol. The first kappa shape index (κ1) is 11.0. The Morgan fingerprint density at radius 3 is 2.44 bits per heavy atom. The van der Waals surface area contributed by atoms with Gasteiger partial charge in [-0.05, 0) is 6.92 Å². The molecule has 0 aromatic carbocycles. The lowest BCUT2D eigenvalue weighted by Gasteiger charge is -1.72. The molecule has 0 aliphatic heterocycles. The van der Waals surface area contributed by atoms with E-state index in [1.54, 1.807) is 6.08 Å². The van der Waals surface area contributed by atoms with Gasteiger partial charge in [0.15, 0.2) is 0 Å². The summed E-state index contributed by atoms with van der Waals surface area (Å²) in [4.78, 5) is 12.2. The van der Waals surface area contributed by atoms with Crippen LogP contribution in [0, 0.1) is 0 Å². The van der Waals surface area contributed by atoms with Gasteiger partial charge >= 0.3 is 0 Å². The molecular formula is C6H11NO2. The lowest BCUT2D eigenvalue weighted by Crippen LogP contribution is -1.83. The van der Waals surface area contributed by atoms with Crippen LogP contribution < -0.4 is 0 Å². The van der Waals surface area contributed by atoms with Crippen molar-refractivity contribution in [3.8, 4) is 0 Å². The zero-order chi connectivity index (χ0) is 7.54. The molecule has 0 fully saturated rings. The molecule has 0 unspecified atom stereocenters. The smallest absolute Gasteiger partial charge is 0.235 e. The number of aliphatic imine (C=N–C) groups is 1. The molecule has 3 nitrogen and oxygen atoms in total. The molecule has 0 aromatic heterocycles. The van der Waals surface area contributed by atoms with E-state index in [0.29, 0.717) is 0 Å². The topological polar surface area (TPSA) is 49.7 Å². The highest BCUT2D eigenvalue weighted by Gasteiger charge is 1.67. The van der Waals surface area contributed by atoms with E-state index in [0.717, 1.165) is 0 Å². The van der Waals surface area contributed by atoms with Crippen molar-refractivity contribution in [2.75, 3.05) is 13.2 Å². The van der Waals surface area contributed by atoms with E-state index in [4.69, 9.17) is 9.90 Å². The van der Waals surface area contributed by atoms with Gasteiger partial charge in [0.05, 0.1) is 13.2 Å². The fourth-order valence-corrected chi connectivity index (χ4v) is 0.0956. The summed E-state index contributed by atoms with van der Waals surface area (Å²) in [6, 6.07) is 0. The summed E-state index contributed by atoms with van der Waals surface area (Å²) in [6.45, 7) is 5.35. The zero-order valence-electron chi connectivity index (χ0n) is 5.50. The largest absolute Gasteiger partial charge is 0.394 e. The number of aliphatic hydroxyl groups excluding tert-OH is 1. The van der Waals surface area contributed by atoms with Crippen molar-refractivity contribution >= 4 is 6.08 Å². The van der Waals surface area contributed by atoms with E-state index in [9.17, 15) is 0 Å². The molecule has 0 spiro atoms. The predicted octanol–water partition coefficient (Wildman–Crippen LogP) is 0.507. The molecule has 0 aromatic rings. The molecule has 0 saturated heterocycles. The molecular weight excluding hydrogens is 118 g/mol. The first-order valence-corrected chi connectivity index (χ1v) is 2.55. The van der Waals surface area contributed by atoms with Crippen LogP contribution in [0.1, 0.15) is 6.92 Å². The van der Waals surface area contributed by atoms with E-state index in [1.807, 2.05) is 6.92 Å². The maximum atomic E-state index is 9.16. The third-order valence-corrected chi connectivity index (χ3v) is 0.276. The second-order valence-corrected chi connectivity index (χ2v) is 1.10. The SMILES string of the molecule is C=CC.O=C=NCCO. The molecule has 0 saturated carbocycles. The van der Waals surface area contributed by atoms with Crippen molar-refractivity contribution in [2.45, 2.75) is 6.92 Å². The summed E-state index contributed by atoms with van der Waals surface area (Å²) in [5.41, 5.74) is 0. The summed E-state index contributed by atoms with van der Waals surface area (Å²) < 4.78 is 0. The van der Waals surface area contributed by atoms with Gasteiger partial charge < -0.3 is 5.11 Å². The van der Waals surface area contributed by atoms with E-state index < -0.39 is 0 Å². The number of aliphatic hydroxyl groups is 1. The van der Waals surface area contributed by atoms with Crippen LogP contribution in [0.5, 0.6) is 0 Å². The van der Waals surface area contributed by atoms with Gasteiger partial charge in [0.25, 0.3) is 0 Å². The minimum Gasteiger partial charge on any atom is -0.394 e. The Kier molecular flexibility index (Phi) is 19.1. The van der Waals surface area contributed by atoms with Crippen LogP contribution in [-0.4, -0.2) is 24.3 Å². The van der Waals surface area contributed by atoms with Crippen molar-refractivity contribution in [1.29, 1.82) is 0 Å². The number of isocyanates is 1. The maximum Gasteiger partial charge on any atom is 0.235 e. The number of rotatable bonds is 2. The van der Waals surface area contributed by atoms with Crippen molar-refractivity contribution in [1.82, 2.24) is 0 Å². The molecule has 0 heterocycles. The van der Waals surface area contributed by atoms with Gasteiger partial charge in [-0.3, -0.25) is 0 Å². The molecule has 0 radical (unpaired) electrons. The molecule has 0 atom stereocenters. The fourth-order valence-electron chi connectivity index (χ4n) is 0.0956. The van der Waals surface area contributed by atoms with Crippen molar-refractivity contribution < 1.29 is 9.90 Å². The molecule has 52 valence electrons. The molecule has 1 N–H and O–H groups in total. The Hall–Kier alpha value is -0.920. The van der Waals surface area contributed by atoms with Gasteiger partial charge in [0.1, 0.15) is 0 Å². The zero-order valence-corrected chi connectivity index (χ0v) is 5.50. The first-order valence-electron chi connectivity index (χ1n) is 2.55. The van der Waals surface area contributed by atoms with Crippen LogP contribution >= 0.6 is 0 Å². The minimum atomic E-state index is -0.0742. The average Bonchev–Trinajstić information content (AvgIpc) is 1.86. The summed E-state index contributed by atoms with van der Waals surface area (Å²) in [5.74, 6) is 0. The van der Waals surface area contributed by atoms with Crippen molar-refractivity contribution in [3.63, 3.8) is 0 Å². The number of carbonyl (C=O) groups excluding carboxylic acids is 1. The van der Waals surface area contributed by atoms with Crippen molar-refractivity contribution in [3.05, 3.63) is 12.7 Å². The molecule has 0 aliphatic rings. The van der Waals surface area contributed by atoms with Crippen LogP contribution in [-0.2, 0) is 4.79 Å². The predicted molar refractivity (Wildman–Crippen MR) is 35.9 cm³/mol. The second kappa shape index (κ2) is 15.7. The van der Waals surface area contributed by atoms with Crippen LogP contribution in [0.3, 0.4) is 0 Å². The summed E-state index contributed by atoms with van der Waals surface area (Å²) >= 11 is 0. The average molecular weight is 129 g/mol. The summed E-state index contributed by atoms with van der Waals surface area (Å²) in [6.07, 6.45) is 3.03. The van der Waals surface area contributed by atoms with Crippen LogP contribution in [0.2, 0.25) is 0 Å². The number of hydrogen-bond acceptors (Lipinski definition) is 3. The van der Waals surface area contributed by atoms with Gasteiger partial charge in [-0.25, -0.2) is 9.79 Å². The third kappa shape index (κ3) is 42.2. The van der Waals surface area contributed by atoms with E-state index >= 15 is 0 Å². The lowest BCUT2D eigenvalue weighted by atomic mass is 10.7. The Morgan fingerprint density at radius 1 is 1.89 bits per heavy atom. The highest BCUT2D eigenvalue weighted by atomic mass is 16.3. The first-order chi connectivity index (χ1) is 4.33. The van der Waals surface area contributed by atoms with Gasteiger partial charge in [0.2, 0.25) is 6.08 Å². The van der Waals surface area contributed by atoms with Crippen LogP contribution in [0.25, 0.3) is 0 Å². The molecule has 0 rings (SSSR count). The molecule has 9 heavy (non-hydrogen) atoms. The van der Waals surface area contributed by atoms with E-state index in [-0.39, 0.29) is 13.2 Å². The van der Waals surface area contributed by atoms with Gasteiger partial charge in [0, 0.05) is 0 Å². The standard InChI is InChI=1S/C3H5NO2.C3H6/c5-2-1-4-3-6;1-3-2/h5H,1-2H2;3H,1H2,2H3. The second-order valence-electron chi connectivity index (χ2n) is 1.10. The minimum absolute atomic E-state index is 0.0742. The van der Waals surface area contributed by atoms with Crippen molar-refractivity contribution in [2.24, 2.45) is 4.99 Å². The highest BCUT2D eigenvalue weighted by Crippen LogP contribution is 1.56. The maximum absolute atomic E-state index is 9.16. The van der Waals surface area contributed by atoms with Gasteiger partial charge in [-0.15, -0.1) is 6.58 Å². The summed E-state index contributed by atoms with van der Waals surface area (Å²) in [7, 11) is 0. The molecule has 0 bridgehead atoms. The van der Waals surface area contributed by atoms with Gasteiger partial charge in [-0.2, -0.15) is 0 Å². The lowest BCUT2D eigenvalue weighted by molar-refractivity contribution is 0.306. The highest BCUT2D eigenvalue weighted by molar-refractivity contribution is 5.32.